The number of carboxylic acids is 1. The first-order chi connectivity index (χ1) is 9.58. The zero-order valence-corrected chi connectivity index (χ0v) is 12.2. The lowest BCUT2D eigenvalue weighted by Gasteiger charge is -2.23. The molecule has 3 nitrogen and oxygen atoms in total. The van der Waals surface area contributed by atoms with Crippen molar-refractivity contribution in [2.45, 2.75) is 6.54 Å². The predicted octanol–water partition coefficient (Wildman–Crippen LogP) is 3.68. The van der Waals surface area contributed by atoms with Crippen LogP contribution in [-0.2, 0) is 11.3 Å². The summed E-state index contributed by atoms with van der Waals surface area (Å²) in [5.74, 6) is -1.28. The van der Waals surface area contributed by atoms with E-state index in [0.29, 0.717) is 16.6 Å². The lowest BCUT2D eigenvalue weighted by atomic mass is 10.2. The lowest BCUT2D eigenvalue weighted by Crippen LogP contribution is -2.29. The van der Waals surface area contributed by atoms with Crippen molar-refractivity contribution in [3.63, 3.8) is 0 Å². The van der Waals surface area contributed by atoms with E-state index < -0.39 is 5.97 Å². The van der Waals surface area contributed by atoms with Crippen LogP contribution in [-0.4, -0.2) is 17.6 Å². The van der Waals surface area contributed by atoms with E-state index in [1.807, 2.05) is 30.3 Å². The fourth-order valence-corrected chi connectivity index (χ4v) is 2.31. The predicted molar refractivity (Wildman–Crippen MR) is 79.2 cm³/mol. The van der Waals surface area contributed by atoms with Gasteiger partial charge in [-0.15, -0.1) is 0 Å². The highest BCUT2D eigenvalue weighted by Crippen LogP contribution is 2.24. The van der Waals surface area contributed by atoms with Gasteiger partial charge in [0.05, 0.1) is 4.47 Å². The third-order valence-electron chi connectivity index (χ3n) is 2.84. The minimum atomic E-state index is -0.929. The molecule has 0 aliphatic carbocycles. The molecule has 0 saturated heterocycles. The Morgan fingerprint density at radius 2 is 1.85 bits per heavy atom. The van der Waals surface area contributed by atoms with Crippen LogP contribution in [0.5, 0.6) is 0 Å². The van der Waals surface area contributed by atoms with E-state index >= 15 is 0 Å². The monoisotopic (exact) mass is 337 g/mol. The zero-order chi connectivity index (χ0) is 14.5. The molecule has 0 bridgehead atoms. The summed E-state index contributed by atoms with van der Waals surface area (Å²) in [6, 6.07) is 13.9. The molecule has 1 N–H and O–H groups in total. The highest BCUT2D eigenvalue weighted by molar-refractivity contribution is 9.10. The molecule has 0 aromatic heterocycles. The van der Waals surface area contributed by atoms with E-state index in [9.17, 15) is 9.18 Å². The first kappa shape index (κ1) is 14.5. The van der Waals surface area contributed by atoms with Crippen LogP contribution in [0.4, 0.5) is 10.1 Å². The minimum Gasteiger partial charge on any atom is -0.480 e. The fraction of sp³-hybridized carbons (Fsp3) is 0.133. The molecule has 0 aliphatic rings. The summed E-state index contributed by atoms with van der Waals surface area (Å²) < 4.78 is 13.9. The molecule has 5 heteroatoms. The quantitative estimate of drug-likeness (QED) is 0.904. The van der Waals surface area contributed by atoms with Crippen molar-refractivity contribution < 1.29 is 14.3 Å². The Labute approximate surface area is 124 Å². The molecule has 0 heterocycles. The Bertz CT molecular complexity index is 604. The maximum Gasteiger partial charge on any atom is 0.323 e. The standard InChI is InChI=1S/C15H13BrFNO2/c16-15-11(5-4-8-13(15)17)9-18(10-14(19)20)12-6-2-1-3-7-12/h1-8H,9-10H2,(H,19,20). The van der Waals surface area contributed by atoms with Crippen LogP contribution in [0.3, 0.4) is 0 Å². The van der Waals surface area contributed by atoms with Crippen molar-refractivity contribution in [1.82, 2.24) is 0 Å². The van der Waals surface area contributed by atoms with Gasteiger partial charge in [0.2, 0.25) is 0 Å². The summed E-state index contributed by atoms with van der Waals surface area (Å²) in [5.41, 5.74) is 1.49. The third kappa shape index (κ3) is 3.57. The highest BCUT2D eigenvalue weighted by atomic mass is 79.9. The van der Waals surface area contributed by atoms with Gasteiger partial charge in [0.1, 0.15) is 12.4 Å². The van der Waals surface area contributed by atoms with Crippen LogP contribution in [0.25, 0.3) is 0 Å². The molecule has 0 radical (unpaired) electrons. The number of carboxylic acid groups (broad SMARTS) is 1. The molecule has 0 amide bonds. The average molecular weight is 338 g/mol. The van der Waals surface area contributed by atoms with Gasteiger partial charge in [-0.1, -0.05) is 30.3 Å². The van der Waals surface area contributed by atoms with E-state index in [1.165, 1.54) is 6.07 Å². The van der Waals surface area contributed by atoms with Crippen molar-refractivity contribution in [3.8, 4) is 0 Å². The molecule has 2 aromatic rings. The van der Waals surface area contributed by atoms with Crippen LogP contribution in [0.2, 0.25) is 0 Å². The van der Waals surface area contributed by atoms with Gasteiger partial charge in [0.15, 0.2) is 0 Å². The van der Waals surface area contributed by atoms with Crippen LogP contribution in [0, 0.1) is 5.82 Å². The number of halogens is 2. The van der Waals surface area contributed by atoms with Crippen molar-refractivity contribution >= 4 is 27.6 Å². The molecule has 20 heavy (non-hydrogen) atoms. The summed E-state index contributed by atoms with van der Waals surface area (Å²) in [5, 5.41) is 9.02. The number of benzene rings is 2. The molecule has 104 valence electrons. The smallest absolute Gasteiger partial charge is 0.323 e. The molecular weight excluding hydrogens is 325 g/mol. The van der Waals surface area contributed by atoms with E-state index in [4.69, 9.17) is 5.11 Å². The number of para-hydroxylation sites is 1. The van der Waals surface area contributed by atoms with Gasteiger partial charge >= 0.3 is 5.97 Å². The fourth-order valence-electron chi connectivity index (χ4n) is 1.92. The molecule has 0 unspecified atom stereocenters. The van der Waals surface area contributed by atoms with Gasteiger partial charge < -0.3 is 10.0 Å². The average Bonchev–Trinajstić information content (AvgIpc) is 2.43. The SMILES string of the molecule is O=C(O)CN(Cc1cccc(F)c1Br)c1ccccc1. The zero-order valence-electron chi connectivity index (χ0n) is 10.6. The van der Waals surface area contributed by atoms with Crippen molar-refractivity contribution in [3.05, 3.63) is 64.4 Å². The van der Waals surface area contributed by atoms with Gasteiger partial charge in [-0.3, -0.25) is 4.79 Å². The van der Waals surface area contributed by atoms with Gasteiger partial charge in [-0.25, -0.2) is 4.39 Å². The molecular formula is C15H13BrFNO2. The van der Waals surface area contributed by atoms with E-state index in [2.05, 4.69) is 15.9 Å². The number of rotatable bonds is 5. The molecule has 0 aliphatic heterocycles. The van der Waals surface area contributed by atoms with Crippen molar-refractivity contribution in [1.29, 1.82) is 0 Å². The minimum absolute atomic E-state index is 0.146. The second kappa shape index (κ2) is 6.52. The second-order valence-corrected chi connectivity index (χ2v) is 5.09. The number of carbonyl (C=O) groups is 1. The normalized spacial score (nSPS) is 10.3. The number of nitrogens with zero attached hydrogens (tertiary/aromatic N) is 1. The van der Waals surface area contributed by atoms with Crippen molar-refractivity contribution in [2.75, 3.05) is 11.4 Å². The summed E-state index contributed by atoms with van der Waals surface area (Å²) in [7, 11) is 0. The number of hydrogen-bond acceptors (Lipinski definition) is 2. The molecule has 2 rings (SSSR count). The first-order valence-corrected chi connectivity index (χ1v) is 6.82. The summed E-state index contributed by atoms with van der Waals surface area (Å²) in [6.07, 6.45) is 0. The van der Waals surface area contributed by atoms with Crippen LogP contribution in [0.15, 0.2) is 53.0 Å². The molecule has 0 fully saturated rings. The summed E-state index contributed by atoms with van der Waals surface area (Å²) in [4.78, 5) is 12.7. The summed E-state index contributed by atoms with van der Waals surface area (Å²) >= 11 is 3.20. The molecule has 0 atom stereocenters. The second-order valence-electron chi connectivity index (χ2n) is 4.30. The lowest BCUT2D eigenvalue weighted by molar-refractivity contribution is -0.135. The van der Waals surface area contributed by atoms with Gasteiger partial charge in [-0.2, -0.15) is 0 Å². The van der Waals surface area contributed by atoms with Gasteiger partial charge in [0, 0.05) is 12.2 Å². The van der Waals surface area contributed by atoms with E-state index in [0.717, 1.165) is 5.69 Å². The van der Waals surface area contributed by atoms with Crippen LogP contribution >= 0.6 is 15.9 Å². The largest absolute Gasteiger partial charge is 0.480 e. The maximum atomic E-state index is 13.5. The Hall–Kier alpha value is -1.88. The topological polar surface area (TPSA) is 40.5 Å². The van der Waals surface area contributed by atoms with Gasteiger partial charge in [-0.05, 0) is 39.7 Å². The maximum absolute atomic E-state index is 13.5. The third-order valence-corrected chi connectivity index (χ3v) is 3.73. The van der Waals surface area contributed by atoms with Gasteiger partial charge in [0.25, 0.3) is 0 Å². The first-order valence-electron chi connectivity index (χ1n) is 6.02. The molecule has 0 spiro atoms. The number of aliphatic carboxylic acids is 1. The molecule has 0 saturated carbocycles. The Morgan fingerprint density at radius 3 is 2.50 bits per heavy atom. The Balaban J connectivity index is 2.29. The van der Waals surface area contributed by atoms with E-state index in [-0.39, 0.29) is 12.4 Å². The Kier molecular flexibility index (Phi) is 4.74. The van der Waals surface area contributed by atoms with Crippen LogP contribution in [0.1, 0.15) is 5.56 Å². The highest BCUT2D eigenvalue weighted by Gasteiger charge is 2.14. The van der Waals surface area contributed by atoms with Crippen molar-refractivity contribution in [2.24, 2.45) is 0 Å². The Morgan fingerprint density at radius 1 is 1.15 bits per heavy atom. The van der Waals surface area contributed by atoms with E-state index in [1.54, 1.807) is 17.0 Å². The molecule has 2 aromatic carbocycles. The number of anilines is 1. The summed E-state index contributed by atoms with van der Waals surface area (Å²) in [6.45, 7) is 0.168. The van der Waals surface area contributed by atoms with Crippen LogP contribution < -0.4 is 4.90 Å². The number of hydrogen-bond donors (Lipinski definition) is 1.